The van der Waals surface area contributed by atoms with E-state index in [1.807, 2.05) is 13.2 Å². The number of guanidine groups is 1. The molecule has 0 aliphatic carbocycles. The van der Waals surface area contributed by atoms with Gasteiger partial charge in [0.05, 0.1) is 12.7 Å². The number of aromatic nitrogens is 2. The van der Waals surface area contributed by atoms with Crippen LogP contribution in [-0.2, 0) is 20.0 Å². The van der Waals surface area contributed by atoms with Crippen LogP contribution in [0.2, 0.25) is 0 Å². The van der Waals surface area contributed by atoms with E-state index in [0.29, 0.717) is 6.54 Å². The molecule has 0 bridgehead atoms. The molecule has 2 rings (SSSR count). The van der Waals surface area contributed by atoms with Gasteiger partial charge in [0.2, 0.25) is 0 Å². The highest BCUT2D eigenvalue weighted by Crippen LogP contribution is 2.22. The lowest BCUT2D eigenvalue weighted by Crippen LogP contribution is -2.33. The van der Waals surface area contributed by atoms with Gasteiger partial charge in [-0.25, -0.2) is 4.99 Å². The van der Waals surface area contributed by atoms with Gasteiger partial charge < -0.3 is 15.8 Å². The van der Waals surface area contributed by atoms with Crippen LogP contribution in [-0.4, -0.2) is 28.6 Å². The second-order valence-corrected chi connectivity index (χ2v) is 5.09. The predicted molar refractivity (Wildman–Crippen MR) is 98.8 cm³/mol. The SMILES string of the molecule is Cn1cc(CCNC(N)=NCc2ccc(OC(F)(F)F)cc2)cn1.I. The van der Waals surface area contributed by atoms with Gasteiger partial charge in [-0.05, 0) is 29.7 Å². The number of hydrogen-bond donors (Lipinski definition) is 2. The number of nitrogens with two attached hydrogens (primary N) is 1. The zero-order valence-corrected chi connectivity index (χ0v) is 15.8. The summed E-state index contributed by atoms with van der Waals surface area (Å²) in [4.78, 5) is 4.13. The number of nitrogens with zero attached hydrogens (tertiary/aromatic N) is 3. The van der Waals surface area contributed by atoms with Crippen LogP contribution >= 0.6 is 24.0 Å². The van der Waals surface area contributed by atoms with Crippen molar-refractivity contribution >= 4 is 29.9 Å². The Labute approximate surface area is 160 Å². The zero-order chi connectivity index (χ0) is 17.6. The molecule has 1 aromatic carbocycles. The van der Waals surface area contributed by atoms with Crippen LogP contribution in [0.25, 0.3) is 0 Å². The maximum Gasteiger partial charge on any atom is 0.573 e. The Morgan fingerprint density at radius 2 is 1.96 bits per heavy atom. The number of rotatable bonds is 6. The first-order valence-corrected chi connectivity index (χ1v) is 7.18. The van der Waals surface area contributed by atoms with Gasteiger partial charge in [-0.15, -0.1) is 37.1 Å². The van der Waals surface area contributed by atoms with Gasteiger partial charge >= 0.3 is 6.36 Å². The first-order chi connectivity index (χ1) is 11.3. The molecule has 0 radical (unpaired) electrons. The van der Waals surface area contributed by atoms with Gasteiger partial charge in [0.15, 0.2) is 5.96 Å². The largest absolute Gasteiger partial charge is 0.573 e. The maximum absolute atomic E-state index is 12.1. The fourth-order valence-corrected chi connectivity index (χ4v) is 1.96. The van der Waals surface area contributed by atoms with Gasteiger partial charge in [0, 0.05) is 19.8 Å². The molecule has 10 heteroatoms. The van der Waals surface area contributed by atoms with Crippen molar-refractivity contribution in [3.63, 3.8) is 0 Å². The van der Waals surface area contributed by atoms with Crippen molar-refractivity contribution in [2.24, 2.45) is 17.8 Å². The van der Waals surface area contributed by atoms with Crippen molar-refractivity contribution in [3.8, 4) is 5.75 Å². The van der Waals surface area contributed by atoms with Crippen molar-refractivity contribution < 1.29 is 17.9 Å². The molecule has 1 heterocycles. The average molecular weight is 469 g/mol. The Morgan fingerprint density at radius 3 is 2.52 bits per heavy atom. The summed E-state index contributed by atoms with van der Waals surface area (Å²) in [6, 6.07) is 5.50. The van der Waals surface area contributed by atoms with Crippen molar-refractivity contribution in [2.45, 2.75) is 19.3 Å². The molecule has 0 amide bonds. The van der Waals surface area contributed by atoms with Crippen LogP contribution in [0.15, 0.2) is 41.7 Å². The Bertz CT molecular complexity index is 685. The number of ether oxygens (including phenoxy) is 1. The lowest BCUT2D eigenvalue weighted by Gasteiger charge is -2.09. The molecular formula is C15H19F3IN5O. The minimum absolute atomic E-state index is 0. The molecule has 138 valence electrons. The summed E-state index contributed by atoms with van der Waals surface area (Å²) in [6.45, 7) is 0.872. The van der Waals surface area contributed by atoms with Gasteiger partial charge in [-0.3, -0.25) is 4.68 Å². The number of aryl methyl sites for hydroxylation is 1. The minimum Gasteiger partial charge on any atom is -0.406 e. The molecule has 0 saturated carbocycles. The molecule has 0 fully saturated rings. The van der Waals surface area contributed by atoms with E-state index in [4.69, 9.17) is 5.73 Å². The number of hydrogen-bond acceptors (Lipinski definition) is 3. The summed E-state index contributed by atoms with van der Waals surface area (Å²) < 4.78 is 41.7. The predicted octanol–water partition coefficient (Wildman–Crippen LogP) is 2.58. The summed E-state index contributed by atoms with van der Waals surface area (Å²) in [7, 11) is 1.85. The monoisotopic (exact) mass is 469 g/mol. The van der Waals surface area contributed by atoms with E-state index in [1.165, 1.54) is 24.3 Å². The summed E-state index contributed by atoms with van der Waals surface area (Å²) >= 11 is 0. The van der Waals surface area contributed by atoms with Crippen LogP contribution in [0.4, 0.5) is 13.2 Å². The molecule has 0 aliphatic rings. The van der Waals surface area contributed by atoms with Crippen LogP contribution in [0, 0.1) is 0 Å². The highest BCUT2D eigenvalue weighted by atomic mass is 127. The van der Waals surface area contributed by atoms with Crippen LogP contribution < -0.4 is 15.8 Å². The molecule has 0 atom stereocenters. The molecule has 6 nitrogen and oxygen atoms in total. The van der Waals surface area contributed by atoms with Gasteiger partial charge in [0.25, 0.3) is 0 Å². The number of aliphatic imine (C=N–C) groups is 1. The summed E-state index contributed by atoms with van der Waals surface area (Å²) in [5, 5.41) is 7.04. The van der Waals surface area contributed by atoms with Crippen molar-refractivity contribution in [3.05, 3.63) is 47.8 Å². The van der Waals surface area contributed by atoms with Gasteiger partial charge in [-0.2, -0.15) is 5.10 Å². The van der Waals surface area contributed by atoms with E-state index in [0.717, 1.165) is 17.5 Å². The summed E-state index contributed by atoms with van der Waals surface area (Å²) in [5.74, 6) is 0.00676. The van der Waals surface area contributed by atoms with E-state index < -0.39 is 6.36 Å². The second-order valence-electron chi connectivity index (χ2n) is 5.09. The van der Waals surface area contributed by atoms with Crippen molar-refractivity contribution in [2.75, 3.05) is 6.54 Å². The molecule has 25 heavy (non-hydrogen) atoms. The highest BCUT2D eigenvalue weighted by Gasteiger charge is 2.30. The normalized spacial score (nSPS) is 11.8. The fourth-order valence-electron chi connectivity index (χ4n) is 1.96. The van der Waals surface area contributed by atoms with Gasteiger partial charge in [0.1, 0.15) is 5.75 Å². The first kappa shape index (κ1) is 21.1. The standard InChI is InChI=1S/C15H18F3N5O.HI/c1-23-10-12(9-22-23)6-7-20-14(19)21-8-11-2-4-13(5-3-11)24-15(16,17)18;/h2-5,9-10H,6-8H2,1H3,(H3,19,20,21);1H. The lowest BCUT2D eigenvalue weighted by atomic mass is 10.2. The Balaban J connectivity index is 0.00000312. The molecular weight excluding hydrogens is 450 g/mol. The lowest BCUT2D eigenvalue weighted by molar-refractivity contribution is -0.274. The molecule has 3 N–H and O–H groups in total. The van der Waals surface area contributed by atoms with Crippen LogP contribution in [0.3, 0.4) is 0 Å². The molecule has 0 aliphatic heterocycles. The molecule has 0 saturated heterocycles. The van der Waals surface area contributed by atoms with E-state index in [9.17, 15) is 13.2 Å². The topological polar surface area (TPSA) is 77.5 Å². The van der Waals surface area contributed by atoms with E-state index >= 15 is 0 Å². The summed E-state index contributed by atoms with van der Waals surface area (Å²) in [5.41, 5.74) is 7.55. The maximum atomic E-state index is 12.1. The number of halogens is 4. The minimum atomic E-state index is -4.69. The average Bonchev–Trinajstić information content (AvgIpc) is 2.90. The fraction of sp³-hybridized carbons (Fsp3) is 0.333. The highest BCUT2D eigenvalue weighted by molar-refractivity contribution is 14.0. The van der Waals surface area contributed by atoms with Crippen LogP contribution in [0.5, 0.6) is 5.75 Å². The van der Waals surface area contributed by atoms with E-state index in [2.05, 4.69) is 20.1 Å². The van der Waals surface area contributed by atoms with Crippen molar-refractivity contribution in [1.29, 1.82) is 0 Å². The molecule has 0 spiro atoms. The molecule has 1 aromatic heterocycles. The zero-order valence-electron chi connectivity index (χ0n) is 13.5. The number of nitrogens with one attached hydrogen (secondary N) is 1. The number of alkyl halides is 3. The first-order valence-electron chi connectivity index (χ1n) is 7.18. The van der Waals surface area contributed by atoms with Crippen molar-refractivity contribution in [1.82, 2.24) is 15.1 Å². The van der Waals surface area contributed by atoms with E-state index in [-0.39, 0.29) is 42.2 Å². The Morgan fingerprint density at radius 1 is 1.28 bits per heavy atom. The molecule has 2 aromatic rings. The quantitative estimate of drug-likeness (QED) is 0.388. The smallest absolute Gasteiger partial charge is 0.406 e. The third kappa shape index (κ3) is 8.09. The van der Waals surface area contributed by atoms with Gasteiger partial charge in [-0.1, -0.05) is 12.1 Å². The van der Waals surface area contributed by atoms with E-state index in [1.54, 1.807) is 10.9 Å². The summed E-state index contributed by atoms with van der Waals surface area (Å²) in [6.07, 6.45) is -0.241. The number of benzene rings is 1. The third-order valence-corrected chi connectivity index (χ3v) is 3.07. The Kier molecular flexibility index (Phi) is 8.00. The third-order valence-electron chi connectivity index (χ3n) is 3.07. The Hall–Kier alpha value is -1.98. The second kappa shape index (κ2) is 9.49. The van der Waals surface area contributed by atoms with Crippen LogP contribution in [0.1, 0.15) is 11.1 Å². The molecule has 0 unspecified atom stereocenters.